The van der Waals surface area contributed by atoms with Crippen molar-refractivity contribution >= 4 is 31.9 Å². The predicted molar refractivity (Wildman–Crippen MR) is 192 cm³/mol. The Morgan fingerprint density at radius 1 is 0.500 bits per heavy atom. The molecule has 4 aromatic rings. The Morgan fingerprint density at radius 3 is 1.05 bits per heavy atom. The smallest absolute Gasteiger partial charge is 0.130 e. The molecule has 6 heteroatoms. The molecule has 0 spiro atoms. The first-order valence-corrected chi connectivity index (χ1v) is 17.0. The lowest BCUT2D eigenvalue weighted by atomic mass is 9.76. The van der Waals surface area contributed by atoms with E-state index < -0.39 is 0 Å². The standard InChI is InChI=1S/C38H44Br2O4/c1-37(2,3)31-19-27(29(21-39)33(35(31)43-9)23-11-15-25(41-7)16-12-23)28-20-32(38(4,5)6)36(44-10)34(30(28)22-40)24-13-17-26(42-8)18-14-24/h11-20H,21-22H2,1-10H3. The summed E-state index contributed by atoms with van der Waals surface area (Å²) in [5.41, 5.74) is 10.9. The zero-order chi connectivity index (χ0) is 32.4. The van der Waals surface area contributed by atoms with E-state index in [4.69, 9.17) is 18.9 Å². The first kappa shape index (κ1) is 33.9. The van der Waals surface area contributed by atoms with E-state index in [1.807, 2.05) is 24.3 Å². The molecule has 0 bridgehead atoms. The highest BCUT2D eigenvalue weighted by atomic mass is 79.9. The minimum absolute atomic E-state index is 0.182. The molecule has 0 saturated carbocycles. The lowest BCUT2D eigenvalue weighted by Gasteiger charge is -2.31. The number of hydrogen-bond donors (Lipinski definition) is 0. The number of alkyl halides is 2. The fourth-order valence-electron chi connectivity index (χ4n) is 5.83. The zero-order valence-electron chi connectivity index (χ0n) is 27.6. The second-order valence-electron chi connectivity index (χ2n) is 12.9. The highest BCUT2D eigenvalue weighted by Gasteiger charge is 2.31. The van der Waals surface area contributed by atoms with Crippen LogP contribution in [0.2, 0.25) is 0 Å². The molecule has 4 rings (SSSR count). The van der Waals surface area contributed by atoms with Crippen LogP contribution in [0.3, 0.4) is 0 Å². The number of ether oxygens (including phenoxy) is 4. The van der Waals surface area contributed by atoms with Crippen molar-refractivity contribution in [3.63, 3.8) is 0 Å². The lowest BCUT2D eigenvalue weighted by molar-refractivity contribution is 0.398. The maximum Gasteiger partial charge on any atom is 0.130 e. The highest BCUT2D eigenvalue weighted by Crippen LogP contribution is 2.51. The summed E-state index contributed by atoms with van der Waals surface area (Å²) in [6, 6.07) is 21.1. The van der Waals surface area contributed by atoms with Crippen LogP contribution >= 0.6 is 31.9 Å². The van der Waals surface area contributed by atoms with Crippen molar-refractivity contribution in [3.05, 3.63) is 82.9 Å². The summed E-state index contributed by atoms with van der Waals surface area (Å²) >= 11 is 7.80. The SMILES string of the molecule is COc1ccc(-c2c(CBr)c(-c3cc(C(C)(C)C)c(OC)c(-c4ccc(OC)cc4)c3CBr)cc(C(C)(C)C)c2OC)cc1. The summed E-state index contributed by atoms with van der Waals surface area (Å²) in [7, 11) is 6.92. The van der Waals surface area contributed by atoms with Crippen LogP contribution in [0.5, 0.6) is 23.0 Å². The molecule has 0 amide bonds. The van der Waals surface area contributed by atoms with Crippen molar-refractivity contribution < 1.29 is 18.9 Å². The minimum Gasteiger partial charge on any atom is -0.497 e. The molecule has 0 heterocycles. The molecule has 0 aliphatic heterocycles. The second kappa shape index (κ2) is 13.6. The van der Waals surface area contributed by atoms with Crippen LogP contribution in [0.15, 0.2) is 60.7 Å². The van der Waals surface area contributed by atoms with Gasteiger partial charge < -0.3 is 18.9 Å². The summed E-state index contributed by atoms with van der Waals surface area (Å²) in [5.74, 6) is 3.41. The molecule has 0 aromatic heterocycles. The number of rotatable bonds is 9. The van der Waals surface area contributed by atoms with E-state index >= 15 is 0 Å². The van der Waals surface area contributed by atoms with Crippen molar-refractivity contribution in [1.29, 1.82) is 0 Å². The Labute approximate surface area is 280 Å². The topological polar surface area (TPSA) is 36.9 Å². The molecule has 0 radical (unpaired) electrons. The third-order valence-electron chi connectivity index (χ3n) is 8.11. The van der Waals surface area contributed by atoms with Crippen molar-refractivity contribution in [2.75, 3.05) is 28.4 Å². The van der Waals surface area contributed by atoms with E-state index in [0.717, 1.165) is 78.6 Å². The van der Waals surface area contributed by atoms with Crippen LogP contribution in [-0.2, 0) is 21.5 Å². The Kier molecular flexibility index (Phi) is 10.5. The van der Waals surface area contributed by atoms with Gasteiger partial charge in [-0.3, -0.25) is 0 Å². The summed E-state index contributed by atoms with van der Waals surface area (Å²) < 4.78 is 23.5. The quantitative estimate of drug-likeness (QED) is 0.161. The average molecular weight is 725 g/mol. The van der Waals surface area contributed by atoms with Gasteiger partial charge in [0.25, 0.3) is 0 Å². The molecule has 234 valence electrons. The van der Waals surface area contributed by atoms with E-state index in [1.54, 1.807) is 28.4 Å². The number of benzene rings is 4. The average Bonchev–Trinajstić information content (AvgIpc) is 3.01. The highest BCUT2D eigenvalue weighted by molar-refractivity contribution is 9.08. The van der Waals surface area contributed by atoms with Crippen molar-refractivity contribution in [2.45, 2.75) is 63.0 Å². The fraction of sp³-hybridized carbons (Fsp3) is 0.368. The predicted octanol–water partition coefficient (Wildman–Crippen LogP) is 11.1. The van der Waals surface area contributed by atoms with Gasteiger partial charge in [0.05, 0.1) is 28.4 Å². The van der Waals surface area contributed by atoms with Gasteiger partial charge in [-0.2, -0.15) is 0 Å². The maximum atomic E-state index is 6.24. The van der Waals surface area contributed by atoms with Gasteiger partial charge in [-0.1, -0.05) is 97.7 Å². The first-order valence-electron chi connectivity index (χ1n) is 14.7. The van der Waals surface area contributed by atoms with Crippen LogP contribution < -0.4 is 18.9 Å². The fourth-order valence-corrected chi connectivity index (χ4v) is 6.99. The third-order valence-corrected chi connectivity index (χ3v) is 9.24. The number of hydrogen-bond acceptors (Lipinski definition) is 4. The molecule has 0 aliphatic rings. The second-order valence-corrected chi connectivity index (χ2v) is 14.1. The van der Waals surface area contributed by atoms with Crippen molar-refractivity contribution in [3.8, 4) is 56.4 Å². The molecular formula is C38H44Br2O4. The first-order chi connectivity index (χ1) is 20.8. The minimum atomic E-state index is -0.182. The van der Waals surface area contributed by atoms with Crippen LogP contribution in [0.1, 0.15) is 63.8 Å². The number of halogens is 2. The van der Waals surface area contributed by atoms with Crippen LogP contribution in [0.25, 0.3) is 33.4 Å². The molecular weight excluding hydrogens is 680 g/mol. The van der Waals surface area contributed by atoms with Gasteiger partial charge in [-0.15, -0.1) is 0 Å². The normalized spacial score (nSPS) is 11.8. The van der Waals surface area contributed by atoms with Crippen LogP contribution in [-0.4, -0.2) is 28.4 Å². The van der Waals surface area contributed by atoms with Gasteiger partial charge >= 0.3 is 0 Å². The maximum absolute atomic E-state index is 6.24. The summed E-state index contributed by atoms with van der Waals surface area (Å²) in [4.78, 5) is 0. The van der Waals surface area contributed by atoms with Gasteiger partial charge in [-0.25, -0.2) is 0 Å². The van der Waals surface area contributed by atoms with Crippen molar-refractivity contribution in [2.24, 2.45) is 0 Å². The summed E-state index contributed by atoms with van der Waals surface area (Å²) in [6.07, 6.45) is 0. The van der Waals surface area contributed by atoms with E-state index in [9.17, 15) is 0 Å². The summed E-state index contributed by atoms with van der Waals surface area (Å²) in [5, 5.41) is 1.28. The monoisotopic (exact) mass is 722 g/mol. The van der Waals surface area contributed by atoms with Crippen LogP contribution in [0.4, 0.5) is 0 Å². The van der Waals surface area contributed by atoms with Gasteiger partial charge in [-0.05, 0) is 80.6 Å². The van der Waals surface area contributed by atoms with Gasteiger partial charge in [0.2, 0.25) is 0 Å². The Bertz CT molecular complexity index is 1490. The molecule has 0 N–H and O–H groups in total. The van der Waals surface area contributed by atoms with Gasteiger partial charge in [0, 0.05) is 32.9 Å². The van der Waals surface area contributed by atoms with Crippen molar-refractivity contribution in [1.82, 2.24) is 0 Å². The molecule has 0 unspecified atom stereocenters. The van der Waals surface area contributed by atoms with E-state index in [2.05, 4.69) is 110 Å². The molecule has 0 atom stereocenters. The molecule has 0 aliphatic carbocycles. The van der Waals surface area contributed by atoms with E-state index in [-0.39, 0.29) is 10.8 Å². The zero-order valence-corrected chi connectivity index (χ0v) is 30.7. The van der Waals surface area contributed by atoms with Gasteiger partial charge in [0.15, 0.2) is 0 Å². The Hall–Kier alpha value is -2.96. The Balaban J connectivity index is 2.24. The summed E-state index contributed by atoms with van der Waals surface area (Å²) in [6.45, 7) is 13.4. The van der Waals surface area contributed by atoms with Crippen LogP contribution in [0, 0.1) is 0 Å². The Morgan fingerprint density at radius 2 is 0.818 bits per heavy atom. The van der Waals surface area contributed by atoms with Gasteiger partial charge in [0.1, 0.15) is 23.0 Å². The molecule has 44 heavy (non-hydrogen) atoms. The third kappa shape index (κ3) is 6.53. The van der Waals surface area contributed by atoms with E-state index in [0.29, 0.717) is 10.7 Å². The largest absolute Gasteiger partial charge is 0.497 e. The number of methoxy groups -OCH3 is 4. The van der Waals surface area contributed by atoms with E-state index in [1.165, 1.54) is 0 Å². The molecule has 4 nitrogen and oxygen atoms in total. The molecule has 4 aromatic carbocycles. The molecule has 0 fully saturated rings. The molecule has 0 saturated heterocycles. The lowest BCUT2D eigenvalue weighted by Crippen LogP contribution is -2.16.